The zero-order chi connectivity index (χ0) is 12.0. The van der Waals surface area contributed by atoms with Crippen LogP contribution in [0, 0.1) is 17.6 Å². The predicted octanol–water partition coefficient (Wildman–Crippen LogP) is 4.37. The maximum absolute atomic E-state index is 5.45. The van der Waals surface area contributed by atoms with Gasteiger partial charge in [0, 0.05) is 6.04 Å². The topological polar surface area (TPSA) is 20.7 Å². The van der Waals surface area contributed by atoms with Crippen LogP contribution in [0.2, 0.25) is 0 Å². The van der Waals surface area contributed by atoms with E-state index in [9.17, 15) is 0 Å². The summed E-state index contributed by atoms with van der Waals surface area (Å²) in [6, 6.07) is 7.02. The maximum Gasteiger partial charge on any atom is 0.178 e. The SMILES string of the molecule is Cc1ccc2c(c1)[nH]c(=S)n2C(C)CC1CC1. The lowest BCUT2D eigenvalue weighted by atomic mass is 10.1. The molecule has 1 aliphatic rings. The fraction of sp³-hybridized carbons (Fsp3) is 0.500. The van der Waals surface area contributed by atoms with Crippen molar-refractivity contribution < 1.29 is 0 Å². The molecule has 0 aliphatic heterocycles. The number of nitrogens with one attached hydrogen (secondary N) is 1. The van der Waals surface area contributed by atoms with E-state index in [4.69, 9.17) is 12.2 Å². The molecule has 0 saturated heterocycles. The number of benzene rings is 1. The summed E-state index contributed by atoms with van der Waals surface area (Å²) in [5.74, 6) is 0.933. The van der Waals surface area contributed by atoms with Crippen molar-refractivity contribution in [2.24, 2.45) is 5.92 Å². The van der Waals surface area contributed by atoms with E-state index in [1.54, 1.807) is 0 Å². The van der Waals surface area contributed by atoms with Crippen LogP contribution in [0.5, 0.6) is 0 Å². The number of fused-ring (bicyclic) bond motifs is 1. The van der Waals surface area contributed by atoms with Crippen molar-refractivity contribution in [2.75, 3.05) is 0 Å². The lowest BCUT2D eigenvalue weighted by Crippen LogP contribution is -2.05. The Kier molecular flexibility index (Phi) is 2.58. The van der Waals surface area contributed by atoms with Gasteiger partial charge in [0.15, 0.2) is 4.77 Å². The lowest BCUT2D eigenvalue weighted by Gasteiger charge is -2.14. The van der Waals surface area contributed by atoms with Crippen molar-refractivity contribution in [1.29, 1.82) is 0 Å². The highest BCUT2D eigenvalue weighted by Crippen LogP contribution is 2.37. The Bertz CT molecular complexity index is 604. The van der Waals surface area contributed by atoms with E-state index in [1.807, 2.05) is 0 Å². The monoisotopic (exact) mass is 246 g/mol. The first kappa shape index (κ1) is 11.0. The minimum absolute atomic E-state index is 0.506. The normalized spacial score (nSPS) is 17.5. The summed E-state index contributed by atoms with van der Waals surface area (Å²) < 4.78 is 3.14. The maximum atomic E-state index is 5.45. The van der Waals surface area contributed by atoms with Crippen molar-refractivity contribution in [1.82, 2.24) is 9.55 Å². The molecule has 1 unspecified atom stereocenters. The number of rotatable bonds is 3. The van der Waals surface area contributed by atoms with E-state index < -0.39 is 0 Å². The van der Waals surface area contributed by atoms with Gasteiger partial charge in [0.2, 0.25) is 0 Å². The number of aryl methyl sites for hydroxylation is 1. The van der Waals surface area contributed by atoms with Crippen LogP contribution in [0.15, 0.2) is 18.2 Å². The van der Waals surface area contributed by atoms with E-state index in [0.717, 1.165) is 16.2 Å². The third-order valence-corrected chi connectivity index (χ3v) is 3.98. The first-order valence-corrected chi connectivity index (χ1v) is 6.77. The second kappa shape index (κ2) is 3.98. The van der Waals surface area contributed by atoms with Crippen molar-refractivity contribution in [3.63, 3.8) is 0 Å². The molecule has 90 valence electrons. The number of nitrogens with zero attached hydrogens (tertiary/aromatic N) is 1. The molecule has 3 rings (SSSR count). The molecular weight excluding hydrogens is 228 g/mol. The Hall–Kier alpha value is -1.09. The first-order valence-electron chi connectivity index (χ1n) is 6.36. The standard InChI is InChI=1S/C14H18N2S/c1-9-3-6-13-12(7-9)15-14(17)16(13)10(2)8-11-4-5-11/h3,6-7,10-11H,4-5,8H2,1-2H3,(H,15,17). The van der Waals surface area contributed by atoms with E-state index in [-0.39, 0.29) is 0 Å². The van der Waals surface area contributed by atoms with Crippen molar-refractivity contribution in [3.05, 3.63) is 28.5 Å². The number of imidazole rings is 1. The van der Waals surface area contributed by atoms with Gasteiger partial charge < -0.3 is 9.55 Å². The number of H-pyrrole nitrogens is 1. The summed E-state index contributed by atoms with van der Waals surface area (Å²) >= 11 is 5.45. The van der Waals surface area contributed by atoms with Gasteiger partial charge in [-0.2, -0.15) is 0 Å². The smallest absolute Gasteiger partial charge is 0.178 e. The first-order chi connectivity index (χ1) is 8.15. The second-order valence-electron chi connectivity index (χ2n) is 5.35. The molecule has 1 aromatic heterocycles. The van der Waals surface area contributed by atoms with Gasteiger partial charge >= 0.3 is 0 Å². The van der Waals surface area contributed by atoms with Crippen LogP contribution < -0.4 is 0 Å². The highest BCUT2D eigenvalue weighted by Gasteiger charge is 2.25. The summed E-state index contributed by atoms with van der Waals surface area (Å²) in [6.07, 6.45) is 4.06. The summed E-state index contributed by atoms with van der Waals surface area (Å²) in [7, 11) is 0. The summed E-state index contributed by atoms with van der Waals surface area (Å²) in [4.78, 5) is 3.32. The van der Waals surface area contributed by atoms with Gasteiger partial charge in [0.25, 0.3) is 0 Å². The summed E-state index contributed by atoms with van der Waals surface area (Å²) in [6.45, 7) is 4.39. The highest BCUT2D eigenvalue weighted by atomic mass is 32.1. The minimum Gasteiger partial charge on any atom is -0.331 e. The van der Waals surface area contributed by atoms with Crippen LogP contribution in [0.1, 0.15) is 37.8 Å². The Balaban J connectivity index is 2.07. The van der Waals surface area contributed by atoms with E-state index in [2.05, 4.69) is 41.6 Å². The summed E-state index contributed by atoms with van der Waals surface area (Å²) in [5.41, 5.74) is 3.68. The quantitative estimate of drug-likeness (QED) is 0.798. The van der Waals surface area contributed by atoms with Crippen LogP contribution >= 0.6 is 12.2 Å². The molecule has 1 N–H and O–H groups in total. The van der Waals surface area contributed by atoms with Crippen LogP contribution in [0.3, 0.4) is 0 Å². The molecule has 1 aliphatic carbocycles. The van der Waals surface area contributed by atoms with Gasteiger partial charge in [0.05, 0.1) is 11.0 Å². The van der Waals surface area contributed by atoms with Crippen LogP contribution in [0.25, 0.3) is 11.0 Å². The average Bonchev–Trinajstić information content (AvgIpc) is 2.99. The molecule has 1 heterocycles. The molecule has 3 heteroatoms. The van der Waals surface area contributed by atoms with Gasteiger partial charge in [-0.25, -0.2) is 0 Å². The molecule has 0 radical (unpaired) electrons. The fourth-order valence-electron chi connectivity index (χ4n) is 2.62. The molecule has 2 aromatic rings. The van der Waals surface area contributed by atoms with Gasteiger partial charge in [0.1, 0.15) is 0 Å². The van der Waals surface area contributed by atoms with E-state index in [1.165, 1.54) is 30.3 Å². The molecule has 1 atom stereocenters. The highest BCUT2D eigenvalue weighted by molar-refractivity contribution is 7.71. The lowest BCUT2D eigenvalue weighted by molar-refractivity contribution is 0.483. The van der Waals surface area contributed by atoms with Gasteiger partial charge in [-0.15, -0.1) is 0 Å². The van der Waals surface area contributed by atoms with Crippen LogP contribution in [-0.4, -0.2) is 9.55 Å². The minimum atomic E-state index is 0.506. The Morgan fingerprint density at radius 3 is 2.94 bits per heavy atom. The molecule has 17 heavy (non-hydrogen) atoms. The average molecular weight is 246 g/mol. The van der Waals surface area contributed by atoms with E-state index >= 15 is 0 Å². The van der Waals surface area contributed by atoms with Gasteiger partial charge in [-0.3, -0.25) is 0 Å². The van der Waals surface area contributed by atoms with Gasteiger partial charge in [-0.05, 0) is 56.1 Å². The van der Waals surface area contributed by atoms with E-state index in [0.29, 0.717) is 6.04 Å². The Morgan fingerprint density at radius 1 is 1.47 bits per heavy atom. The molecule has 0 spiro atoms. The number of hydrogen-bond donors (Lipinski definition) is 1. The third kappa shape index (κ3) is 2.04. The molecule has 1 saturated carbocycles. The number of aromatic nitrogens is 2. The fourth-order valence-corrected chi connectivity index (χ4v) is 3.01. The Labute approximate surface area is 107 Å². The third-order valence-electron chi connectivity index (χ3n) is 3.68. The number of aromatic amines is 1. The zero-order valence-electron chi connectivity index (χ0n) is 10.4. The van der Waals surface area contributed by atoms with Crippen molar-refractivity contribution >= 4 is 23.3 Å². The molecule has 0 bridgehead atoms. The predicted molar refractivity (Wildman–Crippen MR) is 73.9 cm³/mol. The second-order valence-corrected chi connectivity index (χ2v) is 5.74. The number of hydrogen-bond acceptors (Lipinski definition) is 1. The summed E-state index contributed by atoms with van der Waals surface area (Å²) in [5, 5.41) is 0. The molecule has 0 amide bonds. The zero-order valence-corrected chi connectivity index (χ0v) is 11.2. The molecule has 2 nitrogen and oxygen atoms in total. The van der Waals surface area contributed by atoms with Crippen molar-refractivity contribution in [2.45, 2.75) is 39.2 Å². The Morgan fingerprint density at radius 2 is 2.24 bits per heavy atom. The molecule has 1 fully saturated rings. The van der Waals surface area contributed by atoms with Crippen LogP contribution in [-0.2, 0) is 0 Å². The van der Waals surface area contributed by atoms with Crippen LogP contribution in [0.4, 0.5) is 0 Å². The van der Waals surface area contributed by atoms with Crippen molar-refractivity contribution in [3.8, 4) is 0 Å². The molecule has 1 aromatic carbocycles. The largest absolute Gasteiger partial charge is 0.331 e. The van der Waals surface area contributed by atoms with Gasteiger partial charge in [-0.1, -0.05) is 18.9 Å². The molecular formula is C14H18N2S.